The zero-order valence-corrected chi connectivity index (χ0v) is 12.5. The maximum atomic E-state index is 10.7. The van der Waals surface area contributed by atoms with Crippen molar-refractivity contribution in [3.8, 4) is 0 Å². The van der Waals surface area contributed by atoms with E-state index in [1.165, 1.54) is 0 Å². The number of carbonyl (C=O) groups excluding carboxylic acids is 1. The van der Waals surface area contributed by atoms with Crippen molar-refractivity contribution >= 4 is 33.3 Å². The summed E-state index contributed by atoms with van der Waals surface area (Å²) < 4.78 is 0.803. The van der Waals surface area contributed by atoms with Crippen molar-refractivity contribution in [1.82, 2.24) is 4.98 Å². The lowest BCUT2D eigenvalue weighted by Crippen LogP contribution is -2.19. The summed E-state index contributed by atoms with van der Waals surface area (Å²) in [5.41, 5.74) is 7.79. The fraction of sp³-hybridized carbons (Fsp3) is 0.143. The van der Waals surface area contributed by atoms with Crippen LogP contribution in [0.3, 0.4) is 0 Å². The second kappa shape index (κ2) is 6.38. The summed E-state index contributed by atoms with van der Waals surface area (Å²) in [7, 11) is 0. The van der Waals surface area contributed by atoms with Gasteiger partial charge in [-0.15, -0.1) is 0 Å². The van der Waals surface area contributed by atoms with E-state index in [2.05, 4.69) is 38.5 Å². The highest BCUT2D eigenvalue weighted by Gasteiger charge is 2.06. The first-order valence-corrected chi connectivity index (χ1v) is 6.88. The van der Waals surface area contributed by atoms with Crippen molar-refractivity contribution in [3.05, 3.63) is 52.8 Å². The maximum Gasteiger partial charge on any atom is 0.316 e. The number of urea groups is 1. The molecule has 0 saturated heterocycles. The molecule has 0 fully saturated rings. The van der Waals surface area contributed by atoms with Gasteiger partial charge in [-0.2, -0.15) is 0 Å². The largest absolute Gasteiger partial charge is 0.377 e. The molecular weight excluding hydrogens is 320 g/mol. The van der Waals surface area contributed by atoms with E-state index < -0.39 is 6.03 Å². The molecule has 2 aromatic rings. The SMILES string of the molecule is CC(Nc1ccc(Br)nc1)c1ccc(NC(N)=O)cc1. The number of pyridine rings is 1. The zero-order valence-electron chi connectivity index (χ0n) is 10.9. The van der Waals surface area contributed by atoms with Gasteiger partial charge < -0.3 is 16.4 Å². The van der Waals surface area contributed by atoms with Crippen LogP contribution in [0.2, 0.25) is 0 Å². The van der Waals surface area contributed by atoms with Gasteiger partial charge in [0.05, 0.1) is 11.9 Å². The summed E-state index contributed by atoms with van der Waals surface area (Å²) in [6.45, 7) is 2.05. The molecule has 0 aliphatic rings. The molecule has 104 valence electrons. The van der Waals surface area contributed by atoms with E-state index in [1.54, 1.807) is 6.20 Å². The molecule has 1 heterocycles. The van der Waals surface area contributed by atoms with Crippen molar-refractivity contribution in [2.45, 2.75) is 13.0 Å². The van der Waals surface area contributed by atoms with Gasteiger partial charge in [0.15, 0.2) is 0 Å². The van der Waals surface area contributed by atoms with Gasteiger partial charge in [0.2, 0.25) is 0 Å². The van der Waals surface area contributed by atoms with Crippen molar-refractivity contribution in [2.24, 2.45) is 5.73 Å². The Morgan fingerprint density at radius 1 is 1.20 bits per heavy atom. The molecule has 20 heavy (non-hydrogen) atoms. The van der Waals surface area contributed by atoms with Gasteiger partial charge >= 0.3 is 6.03 Å². The second-order valence-electron chi connectivity index (χ2n) is 4.35. The number of nitrogens with zero attached hydrogens (tertiary/aromatic N) is 1. The standard InChI is InChI=1S/C14H15BrN4O/c1-9(18-12-6-7-13(15)17-8-12)10-2-4-11(5-3-10)19-14(16)20/h2-9,18H,1H3,(H3,16,19,20). The Labute approximate surface area is 125 Å². The lowest BCUT2D eigenvalue weighted by molar-refractivity contribution is 0.259. The number of primary amides is 1. The minimum atomic E-state index is -0.565. The van der Waals surface area contributed by atoms with Crippen molar-refractivity contribution < 1.29 is 4.79 Å². The summed E-state index contributed by atoms with van der Waals surface area (Å²) in [4.78, 5) is 14.9. The molecule has 4 N–H and O–H groups in total. The Morgan fingerprint density at radius 2 is 1.85 bits per heavy atom. The van der Waals surface area contributed by atoms with E-state index >= 15 is 0 Å². The van der Waals surface area contributed by atoms with Crippen LogP contribution in [0.15, 0.2) is 47.2 Å². The monoisotopic (exact) mass is 334 g/mol. The van der Waals surface area contributed by atoms with E-state index in [-0.39, 0.29) is 6.04 Å². The fourth-order valence-corrected chi connectivity index (χ4v) is 2.03. The Balaban J connectivity index is 2.03. The Bertz CT molecular complexity index is 583. The van der Waals surface area contributed by atoms with Gasteiger partial charge in [-0.05, 0) is 52.7 Å². The van der Waals surface area contributed by atoms with Crippen LogP contribution in [-0.2, 0) is 0 Å². The molecule has 1 aromatic heterocycles. The molecule has 2 rings (SSSR count). The predicted molar refractivity (Wildman–Crippen MR) is 83.6 cm³/mol. The number of anilines is 2. The highest BCUT2D eigenvalue weighted by Crippen LogP contribution is 2.21. The number of aromatic nitrogens is 1. The van der Waals surface area contributed by atoms with Crippen LogP contribution >= 0.6 is 15.9 Å². The smallest absolute Gasteiger partial charge is 0.316 e. The first kappa shape index (κ1) is 14.3. The Kier molecular flexibility index (Phi) is 4.57. The molecule has 0 saturated carbocycles. The highest BCUT2D eigenvalue weighted by atomic mass is 79.9. The summed E-state index contributed by atoms with van der Waals surface area (Å²) in [6, 6.07) is 10.9. The third-order valence-corrected chi connectivity index (χ3v) is 3.26. The van der Waals surface area contributed by atoms with E-state index in [4.69, 9.17) is 5.73 Å². The third kappa shape index (κ3) is 3.96. The number of amides is 2. The molecule has 0 aliphatic carbocycles. The molecular formula is C14H15BrN4O. The van der Waals surface area contributed by atoms with E-state index in [0.717, 1.165) is 15.9 Å². The van der Waals surface area contributed by atoms with Crippen LogP contribution < -0.4 is 16.4 Å². The molecule has 1 atom stereocenters. The lowest BCUT2D eigenvalue weighted by atomic mass is 10.1. The Morgan fingerprint density at radius 3 is 2.40 bits per heavy atom. The van der Waals surface area contributed by atoms with Crippen LogP contribution in [0.4, 0.5) is 16.2 Å². The molecule has 0 bridgehead atoms. The molecule has 1 unspecified atom stereocenters. The van der Waals surface area contributed by atoms with Gasteiger partial charge in [0, 0.05) is 11.7 Å². The van der Waals surface area contributed by atoms with Crippen LogP contribution in [-0.4, -0.2) is 11.0 Å². The molecule has 0 radical (unpaired) electrons. The molecule has 5 nitrogen and oxygen atoms in total. The second-order valence-corrected chi connectivity index (χ2v) is 5.16. The molecule has 0 spiro atoms. The fourth-order valence-electron chi connectivity index (χ4n) is 1.79. The minimum absolute atomic E-state index is 0.126. The van der Waals surface area contributed by atoms with Gasteiger partial charge in [0.25, 0.3) is 0 Å². The van der Waals surface area contributed by atoms with E-state index in [0.29, 0.717) is 5.69 Å². The van der Waals surface area contributed by atoms with E-state index in [1.807, 2.05) is 36.4 Å². The summed E-state index contributed by atoms with van der Waals surface area (Å²) in [5.74, 6) is 0. The van der Waals surface area contributed by atoms with Crippen LogP contribution in [0.25, 0.3) is 0 Å². The number of halogens is 1. The lowest BCUT2D eigenvalue weighted by Gasteiger charge is -2.16. The number of rotatable bonds is 4. The van der Waals surface area contributed by atoms with Gasteiger partial charge in [-0.1, -0.05) is 12.1 Å². The molecule has 2 amide bonds. The zero-order chi connectivity index (χ0) is 14.5. The average molecular weight is 335 g/mol. The van der Waals surface area contributed by atoms with Crippen molar-refractivity contribution in [2.75, 3.05) is 10.6 Å². The first-order valence-electron chi connectivity index (χ1n) is 6.09. The first-order chi connectivity index (χ1) is 9.54. The maximum absolute atomic E-state index is 10.7. The van der Waals surface area contributed by atoms with Gasteiger partial charge in [-0.25, -0.2) is 9.78 Å². The topological polar surface area (TPSA) is 80.0 Å². The summed E-state index contributed by atoms with van der Waals surface area (Å²) in [6.07, 6.45) is 1.77. The Hall–Kier alpha value is -2.08. The average Bonchev–Trinajstić information content (AvgIpc) is 2.41. The molecule has 1 aromatic carbocycles. The molecule has 0 aliphatic heterocycles. The third-order valence-electron chi connectivity index (χ3n) is 2.79. The van der Waals surface area contributed by atoms with Crippen molar-refractivity contribution in [1.29, 1.82) is 0 Å². The molecule has 6 heteroatoms. The van der Waals surface area contributed by atoms with E-state index in [9.17, 15) is 4.79 Å². The number of nitrogens with two attached hydrogens (primary N) is 1. The minimum Gasteiger partial charge on any atom is -0.377 e. The van der Waals surface area contributed by atoms with Gasteiger partial charge in [-0.3, -0.25) is 0 Å². The highest BCUT2D eigenvalue weighted by molar-refractivity contribution is 9.10. The predicted octanol–water partition coefficient (Wildman–Crippen LogP) is 3.51. The van der Waals surface area contributed by atoms with Crippen LogP contribution in [0, 0.1) is 0 Å². The van der Waals surface area contributed by atoms with Crippen LogP contribution in [0.1, 0.15) is 18.5 Å². The number of nitrogens with one attached hydrogen (secondary N) is 2. The van der Waals surface area contributed by atoms with Crippen molar-refractivity contribution in [3.63, 3.8) is 0 Å². The number of carbonyl (C=O) groups is 1. The van der Waals surface area contributed by atoms with Gasteiger partial charge in [0.1, 0.15) is 4.60 Å². The summed E-state index contributed by atoms with van der Waals surface area (Å²) >= 11 is 3.30. The quantitative estimate of drug-likeness (QED) is 0.748. The number of hydrogen-bond donors (Lipinski definition) is 3. The number of hydrogen-bond acceptors (Lipinski definition) is 3. The summed E-state index contributed by atoms with van der Waals surface area (Å²) in [5, 5.41) is 5.88. The van der Waals surface area contributed by atoms with Crippen LogP contribution in [0.5, 0.6) is 0 Å². The normalized spacial score (nSPS) is 11.7. The number of benzene rings is 1.